The lowest BCUT2D eigenvalue weighted by Gasteiger charge is -2.28. The first-order valence-electron chi connectivity index (χ1n) is 10.7. The molecule has 0 atom stereocenters. The van der Waals surface area contributed by atoms with Gasteiger partial charge in [-0.15, -0.1) is 0 Å². The normalized spacial score (nSPS) is 14.2. The highest BCUT2D eigenvalue weighted by Gasteiger charge is 2.23. The zero-order chi connectivity index (χ0) is 22.9. The van der Waals surface area contributed by atoms with Crippen LogP contribution < -0.4 is 4.90 Å². The van der Waals surface area contributed by atoms with Gasteiger partial charge in [0.15, 0.2) is 17.5 Å². The van der Waals surface area contributed by atoms with E-state index in [1.807, 2.05) is 6.92 Å². The summed E-state index contributed by atoms with van der Waals surface area (Å²) < 4.78 is 50.3. The Balaban J connectivity index is 1.60. The van der Waals surface area contributed by atoms with Gasteiger partial charge in [-0.25, -0.2) is 28.1 Å². The lowest BCUT2D eigenvalue weighted by Crippen LogP contribution is -2.37. The Morgan fingerprint density at radius 1 is 1.09 bits per heavy atom. The van der Waals surface area contributed by atoms with E-state index in [-0.39, 0.29) is 34.0 Å². The van der Waals surface area contributed by atoms with Crippen LogP contribution in [-0.4, -0.2) is 51.5 Å². The van der Waals surface area contributed by atoms with Crippen molar-refractivity contribution in [2.75, 3.05) is 31.2 Å². The second kappa shape index (κ2) is 8.78. The van der Waals surface area contributed by atoms with Crippen LogP contribution >= 0.6 is 0 Å². The first-order valence-corrected chi connectivity index (χ1v) is 10.7. The molecule has 4 heterocycles. The van der Waals surface area contributed by atoms with Crippen LogP contribution in [0.2, 0.25) is 0 Å². The molecule has 1 aliphatic heterocycles. The number of aryl methyl sites for hydroxylation is 1. The minimum atomic E-state index is -0.743. The number of anilines is 1. The van der Waals surface area contributed by atoms with Crippen molar-refractivity contribution in [2.24, 2.45) is 0 Å². The third kappa shape index (κ3) is 3.91. The SMILES string of the molecule is CCCc1cc(F)c(-c2ncc3[nH]nc(-c4ccnc(N5CCOCC5)c4F)c3n2)c(F)c1. The molecule has 0 saturated carbocycles. The Morgan fingerprint density at radius 3 is 2.58 bits per heavy atom. The topological polar surface area (TPSA) is 79.8 Å². The van der Waals surface area contributed by atoms with Gasteiger partial charge in [-0.2, -0.15) is 5.10 Å². The number of ether oxygens (including phenoxy) is 1. The highest BCUT2D eigenvalue weighted by atomic mass is 19.1. The molecule has 1 saturated heterocycles. The van der Waals surface area contributed by atoms with Crippen molar-refractivity contribution in [1.82, 2.24) is 25.1 Å². The molecule has 0 unspecified atom stereocenters. The molecule has 0 radical (unpaired) electrons. The van der Waals surface area contributed by atoms with Gasteiger partial charge in [0, 0.05) is 24.8 Å². The van der Waals surface area contributed by atoms with E-state index in [1.54, 1.807) is 4.90 Å². The van der Waals surface area contributed by atoms with Crippen molar-refractivity contribution >= 4 is 16.9 Å². The number of hydrogen-bond donors (Lipinski definition) is 1. The van der Waals surface area contributed by atoms with Crippen molar-refractivity contribution in [3.8, 4) is 22.6 Å². The molecule has 1 aromatic carbocycles. The number of halogens is 3. The Morgan fingerprint density at radius 2 is 1.85 bits per heavy atom. The number of rotatable bonds is 5. The first kappa shape index (κ1) is 21.3. The van der Waals surface area contributed by atoms with E-state index in [1.165, 1.54) is 30.6 Å². The number of benzene rings is 1. The molecule has 7 nitrogen and oxygen atoms in total. The van der Waals surface area contributed by atoms with Gasteiger partial charge in [-0.1, -0.05) is 13.3 Å². The molecule has 1 aliphatic rings. The Bertz CT molecular complexity index is 1300. The number of fused-ring (bicyclic) bond motifs is 1. The van der Waals surface area contributed by atoms with Gasteiger partial charge in [0.1, 0.15) is 28.4 Å². The molecule has 0 spiro atoms. The number of pyridine rings is 1. The van der Waals surface area contributed by atoms with Gasteiger partial charge in [0.25, 0.3) is 0 Å². The first-order chi connectivity index (χ1) is 16.1. The molecule has 0 bridgehead atoms. The smallest absolute Gasteiger partial charge is 0.175 e. The number of morpholine rings is 1. The average Bonchev–Trinajstić information content (AvgIpc) is 3.23. The second-order valence-electron chi connectivity index (χ2n) is 7.81. The van der Waals surface area contributed by atoms with Gasteiger partial charge in [-0.05, 0) is 30.2 Å². The van der Waals surface area contributed by atoms with Crippen LogP contribution in [0.3, 0.4) is 0 Å². The molecule has 3 aromatic heterocycles. The van der Waals surface area contributed by atoms with Crippen LogP contribution in [0.1, 0.15) is 18.9 Å². The quantitative estimate of drug-likeness (QED) is 0.485. The number of aromatic amines is 1. The van der Waals surface area contributed by atoms with Gasteiger partial charge < -0.3 is 9.64 Å². The predicted molar refractivity (Wildman–Crippen MR) is 117 cm³/mol. The molecular weight excluding hydrogens is 433 g/mol. The van der Waals surface area contributed by atoms with Crippen LogP contribution in [0, 0.1) is 17.5 Å². The molecule has 0 amide bonds. The largest absolute Gasteiger partial charge is 0.378 e. The Kier molecular flexibility index (Phi) is 5.67. The summed E-state index contributed by atoms with van der Waals surface area (Å²) >= 11 is 0. The summed E-state index contributed by atoms with van der Waals surface area (Å²) in [6, 6.07) is 4.09. The molecule has 1 N–H and O–H groups in total. The fourth-order valence-corrected chi connectivity index (χ4v) is 4.00. The molecule has 10 heteroatoms. The summed E-state index contributed by atoms with van der Waals surface area (Å²) in [6.45, 7) is 3.95. The van der Waals surface area contributed by atoms with Crippen LogP contribution in [0.4, 0.5) is 19.0 Å². The van der Waals surface area contributed by atoms with Gasteiger partial charge in [0.05, 0.1) is 25.0 Å². The number of aromatic nitrogens is 5. The lowest BCUT2D eigenvalue weighted by atomic mass is 10.1. The van der Waals surface area contributed by atoms with Crippen molar-refractivity contribution < 1.29 is 17.9 Å². The van der Waals surface area contributed by atoms with Crippen LogP contribution in [-0.2, 0) is 11.2 Å². The number of nitrogens with one attached hydrogen (secondary N) is 1. The third-order valence-corrected chi connectivity index (χ3v) is 5.60. The number of hydrogen-bond acceptors (Lipinski definition) is 6. The van der Waals surface area contributed by atoms with Gasteiger partial charge in [-0.3, -0.25) is 5.10 Å². The Hall–Kier alpha value is -3.53. The maximum atomic E-state index is 15.5. The summed E-state index contributed by atoms with van der Waals surface area (Å²) in [4.78, 5) is 14.5. The van der Waals surface area contributed by atoms with E-state index in [0.717, 1.165) is 6.42 Å². The summed E-state index contributed by atoms with van der Waals surface area (Å²) in [5.74, 6) is -1.97. The average molecular weight is 454 g/mol. The van der Waals surface area contributed by atoms with E-state index >= 15 is 4.39 Å². The molecule has 170 valence electrons. The standard InChI is InChI=1S/C23H21F3N6O/c1-2-3-13-10-15(24)18(16(25)11-13)22-28-12-17-21(29-22)20(31-30-17)14-4-5-27-23(19(14)26)32-6-8-33-9-7-32/h4-5,10-12H,2-3,6-9H2,1H3,(H,30,31). The molecular formula is C23H21F3N6O. The van der Waals surface area contributed by atoms with Crippen LogP contribution in [0.15, 0.2) is 30.6 Å². The molecule has 33 heavy (non-hydrogen) atoms. The fourth-order valence-electron chi connectivity index (χ4n) is 4.00. The zero-order valence-corrected chi connectivity index (χ0v) is 17.9. The van der Waals surface area contributed by atoms with E-state index in [4.69, 9.17) is 4.74 Å². The minimum Gasteiger partial charge on any atom is -0.378 e. The monoisotopic (exact) mass is 454 g/mol. The van der Waals surface area contributed by atoms with Crippen molar-refractivity contribution in [3.63, 3.8) is 0 Å². The number of nitrogens with zero attached hydrogens (tertiary/aromatic N) is 5. The number of H-pyrrole nitrogens is 1. The molecule has 4 aromatic rings. The van der Waals surface area contributed by atoms with Crippen molar-refractivity contribution in [2.45, 2.75) is 19.8 Å². The van der Waals surface area contributed by atoms with E-state index < -0.39 is 17.5 Å². The van der Waals surface area contributed by atoms with Gasteiger partial charge >= 0.3 is 0 Å². The zero-order valence-electron chi connectivity index (χ0n) is 17.9. The second-order valence-corrected chi connectivity index (χ2v) is 7.81. The maximum absolute atomic E-state index is 15.5. The summed E-state index contributed by atoms with van der Waals surface area (Å²) in [6.07, 6.45) is 4.21. The summed E-state index contributed by atoms with van der Waals surface area (Å²) in [7, 11) is 0. The third-order valence-electron chi connectivity index (χ3n) is 5.60. The van der Waals surface area contributed by atoms with E-state index in [0.29, 0.717) is 43.8 Å². The van der Waals surface area contributed by atoms with E-state index in [2.05, 4.69) is 25.1 Å². The Labute approximate surface area is 187 Å². The van der Waals surface area contributed by atoms with Gasteiger partial charge in [0.2, 0.25) is 0 Å². The van der Waals surface area contributed by atoms with Crippen LogP contribution in [0.5, 0.6) is 0 Å². The molecule has 1 fully saturated rings. The fraction of sp³-hybridized carbons (Fsp3) is 0.304. The van der Waals surface area contributed by atoms with Crippen molar-refractivity contribution in [3.05, 3.63) is 53.6 Å². The highest BCUT2D eigenvalue weighted by Crippen LogP contribution is 2.33. The van der Waals surface area contributed by atoms with Crippen LogP contribution in [0.25, 0.3) is 33.7 Å². The molecule has 0 aliphatic carbocycles. The highest BCUT2D eigenvalue weighted by molar-refractivity contribution is 5.90. The van der Waals surface area contributed by atoms with E-state index in [9.17, 15) is 8.78 Å². The maximum Gasteiger partial charge on any atom is 0.175 e. The van der Waals surface area contributed by atoms with Crippen molar-refractivity contribution in [1.29, 1.82) is 0 Å². The molecule has 5 rings (SSSR count). The summed E-state index contributed by atoms with van der Waals surface area (Å²) in [5.41, 5.74) is 1.31. The lowest BCUT2D eigenvalue weighted by molar-refractivity contribution is 0.122. The predicted octanol–water partition coefficient (Wildman–Crippen LogP) is 4.29. The summed E-state index contributed by atoms with van der Waals surface area (Å²) in [5, 5.41) is 6.97. The minimum absolute atomic E-state index is 0.133.